The van der Waals surface area contributed by atoms with Crippen LogP contribution < -0.4 is 0 Å². The molecule has 1 aromatic rings. The fourth-order valence-electron chi connectivity index (χ4n) is 1.84. The standard InChI is InChI=1S/C11H15BrS/c12-13(8-4-5-9-13)10-11-6-2-1-3-7-11/h1-3,6-7H,4-5,8-10H2. The predicted molar refractivity (Wildman–Crippen MR) is 65.6 cm³/mol. The molecule has 0 N–H and O–H groups in total. The van der Waals surface area contributed by atoms with Crippen LogP contribution in [0.25, 0.3) is 0 Å². The van der Waals surface area contributed by atoms with Crippen molar-refractivity contribution in [2.75, 3.05) is 11.5 Å². The average molecular weight is 259 g/mol. The quantitative estimate of drug-likeness (QED) is 0.750. The third-order valence-electron chi connectivity index (χ3n) is 2.54. The van der Waals surface area contributed by atoms with E-state index >= 15 is 0 Å². The summed E-state index contributed by atoms with van der Waals surface area (Å²) in [6.07, 6.45) is 2.85. The average Bonchev–Trinajstić information content (AvgIpc) is 2.54. The van der Waals surface area contributed by atoms with Crippen molar-refractivity contribution in [2.24, 2.45) is 0 Å². The molecule has 1 aromatic carbocycles. The summed E-state index contributed by atoms with van der Waals surface area (Å²) in [5.74, 6) is 4.11. The van der Waals surface area contributed by atoms with E-state index in [1.165, 1.54) is 35.7 Å². The van der Waals surface area contributed by atoms with Crippen LogP contribution in [0.4, 0.5) is 0 Å². The van der Waals surface area contributed by atoms with Crippen LogP contribution in [0.1, 0.15) is 18.4 Å². The van der Waals surface area contributed by atoms with Gasteiger partial charge in [0.15, 0.2) is 0 Å². The van der Waals surface area contributed by atoms with E-state index in [0.717, 1.165) is 0 Å². The van der Waals surface area contributed by atoms with Crippen molar-refractivity contribution in [2.45, 2.75) is 18.6 Å². The van der Waals surface area contributed by atoms with Crippen molar-refractivity contribution in [1.29, 1.82) is 0 Å². The van der Waals surface area contributed by atoms with Gasteiger partial charge in [0.1, 0.15) is 0 Å². The first-order valence-electron chi connectivity index (χ1n) is 4.78. The lowest BCUT2D eigenvalue weighted by Gasteiger charge is -2.27. The molecule has 0 aliphatic carbocycles. The Bertz CT molecular complexity index is 265. The van der Waals surface area contributed by atoms with Gasteiger partial charge in [-0.15, -0.1) is 0 Å². The highest BCUT2D eigenvalue weighted by atomic mass is 79.9. The first-order valence-corrected chi connectivity index (χ1v) is 8.77. The molecule has 0 amide bonds. The largest absolute Gasteiger partial charge is 0.179 e. The van der Waals surface area contributed by atoms with E-state index in [4.69, 9.17) is 0 Å². The zero-order chi connectivity index (χ0) is 9.15. The molecule has 0 atom stereocenters. The normalized spacial score (nSPS) is 22.8. The third-order valence-corrected chi connectivity index (χ3v) is 8.06. The van der Waals surface area contributed by atoms with Crippen molar-refractivity contribution >= 4 is 23.3 Å². The monoisotopic (exact) mass is 258 g/mol. The Labute approximate surface area is 89.3 Å². The molecule has 1 aliphatic rings. The van der Waals surface area contributed by atoms with E-state index in [-0.39, 0.29) is 0 Å². The third kappa shape index (κ3) is 2.50. The second-order valence-corrected chi connectivity index (χ2v) is 10.8. The van der Waals surface area contributed by atoms with Gasteiger partial charge in [-0.1, -0.05) is 30.3 Å². The summed E-state index contributed by atoms with van der Waals surface area (Å²) in [5.41, 5.74) is 1.50. The van der Waals surface area contributed by atoms with Crippen LogP contribution in [0.2, 0.25) is 0 Å². The lowest BCUT2D eigenvalue weighted by Crippen LogP contribution is -1.96. The molecule has 1 heterocycles. The van der Waals surface area contributed by atoms with Gasteiger partial charge < -0.3 is 0 Å². The Morgan fingerprint density at radius 1 is 1.08 bits per heavy atom. The summed E-state index contributed by atoms with van der Waals surface area (Å²) in [6, 6.07) is 10.9. The molecule has 0 aromatic heterocycles. The molecule has 0 saturated carbocycles. The molecule has 1 saturated heterocycles. The van der Waals surface area contributed by atoms with Crippen molar-refractivity contribution in [3.05, 3.63) is 35.9 Å². The number of benzene rings is 1. The summed E-state index contributed by atoms with van der Waals surface area (Å²) in [4.78, 5) is 0. The van der Waals surface area contributed by atoms with Gasteiger partial charge in [0, 0.05) is 5.75 Å². The van der Waals surface area contributed by atoms with Crippen LogP contribution in [0, 0.1) is 0 Å². The lowest BCUT2D eigenvalue weighted by molar-refractivity contribution is 0.949. The molecule has 72 valence electrons. The maximum atomic E-state index is 3.97. The summed E-state index contributed by atoms with van der Waals surface area (Å²) < 4.78 is 0. The van der Waals surface area contributed by atoms with Gasteiger partial charge in [-0.05, 0) is 44.7 Å². The second kappa shape index (κ2) is 4.05. The van der Waals surface area contributed by atoms with Crippen LogP contribution in [-0.2, 0) is 5.75 Å². The Morgan fingerprint density at radius 3 is 2.31 bits per heavy atom. The van der Waals surface area contributed by atoms with Gasteiger partial charge in [0.2, 0.25) is 0 Å². The minimum atomic E-state index is -0.444. The Morgan fingerprint density at radius 2 is 1.69 bits per heavy atom. The highest BCUT2D eigenvalue weighted by molar-refractivity contribution is 9.58. The molecule has 13 heavy (non-hydrogen) atoms. The molecule has 2 rings (SSSR count). The summed E-state index contributed by atoms with van der Waals surface area (Å²) in [7, 11) is -0.444. The van der Waals surface area contributed by atoms with E-state index in [1.807, 2.05) is 0 Å². The smallest absolute Gasteiger partial charge is 0.0116 e. The minimum Gasteiger partial charge on any atom is -0.179 e. The molecule has 1 aliphatic heterocycles. The molecular formula is C11H15BrS. The maximum absolute atomic E-state index is 3.97. The van der Waals surface area contributed by atoms with E-state index in [2.05, 4.69) is 45.1 Å². The lowest BCUT2D eigenvalue weighted by atomic mass is 10.2. The highest BCUT2D eigenvalue weighted by Gasteiger charge is 2.25. The fourth-order valence-corrected chi connectivity index (χ4v) is 6.73. The zero-order valence-corrected chi connectivity index (χ0v) is 10.1. The SMILES string of the molecule is BrS1(Cc2ccccc2)CCCC1. The minimum absolute atomic E-state index is 0.444. The first-order chi connectivity index (χ1) is 6.29. The van der Waals surface area contributed by atoms with Crippen molar-refractivity contribution < 1.29 is 0 Å². The van der Waals surface area contributed by atoms with Crippen LogP contribution >= 0.6 is 23.3 Å². The van der Waals surface area contributed by atoms with Gasteiger partial charge in [0.25, 0.3) is 0 Å². The van der Waals surface area contributed by atoms with Crippen LogP contribution in [0.3, 0.4) is 0 Å². The van der Waals surface area contributed by atoms with Crippen LogP contribution in [0.15, 0.2) is 30.3 Å². The second-order valence-electron chi connectivity index (χ2n) is 3.68. The van der Waals surface area contributed by atoms with Crippen molar-refractivity contribution in [1.82, 2.24) is 0 Å². The molecule has 0 nitrogen and oxygen atoms in total. The molecule has 0 radical (unpaired) electrons. The summed E-state index contributed by atoms with van der Waals surface area (Å²) in [5, 5.41) is 0. The van der Waals surface area contributed by atoms with Gasteiger partial charge in [-0.2, -0.15) is 8.46 Å². The van der Waals surface area contributed by atoms with Gasteiger partial charge in [0.05, 0.1) is 0 Å². The zero-order valence-electron chi connectivity index (χ0n) is 7.71. The number of rotatable bonds is 2. The van der Waals surface area contributed by atoms with E-state index < -0.39 is 8.46 Å². The van der Waals surface area contributed by atoms with Crippen LogP contribution in [-0.4, -0.2) is 11.5 Å². The summed E-state index contributed by atoms with van der Waals surface area (Å²) in [6.45, 7) is 0. The van der Waals surface area contributed by atoms with Gasteiger partial charge >= 0.3 is 0 Å². The summed E-state index contributed by atoms with van der Waals surface area (Å²) >= 11 is 3.97. The van der Waals surface area contributed by atoms with Gasteiger partial charge in [-0.25, -0.2) is 0 Å². The Hall–Kier alpha value is 0.0500. The number of hydrogen-bond acceptors (Lipinski definition) is 0. The molecule has 2 heteroatoms. The van der Waals surface area contributed by atoms with E-state index in [1.54, 1.807) is 0 Å². The Kier molecular flexibility index (Phi) is 2.99. The van der Waals surface area contributed by atoms with Crippen molar-refractivity contribution in [3.8, 4) is 0 Å². The molecular weight excluding hydrogens is 244 g/mol. The van der Waals surface area contributed by atoms with Crippen molar-refractivity contribution in [3.63, 3.8) is 0 Å². The Balaban J connectivity index is 2.05. The molecule has 0 bridgehead atoms. The molecule has 1 fully saturated rings. The predicted octanol–water partition coefficient (Wildman–Crippen LogP) is 4.09. The van der Waals surface area contributed by atoms with E-state index in [9.17, 15) is 0 Å². The number of halogens is 1. The number of hydrogen-bond donors (Lipinski definition) is 0. The maximum Gasteiger partial charge on any atom is 0.0116 e. The molecule has 0 unspecified atom stereocenters. The molecule has 0 spiro atoms. The van der Waals surface area contributed by atoms with E-state index in [0.29, 0.717) is 0 Å². The first kappa shape index (κ1) is 9.60. The fraction of sp³-hybridized carbons (Fsp3) is 0.455. The highest BCUT2D eigenvalue weighted by Crippen LogP contribution is 2.62. The van der Waals surface area contributed by atoms with Gasteiger partial charge in [-0.3, -0.25) is 0 Å². The topological polar surface area (TPSA) is 0 Å². The van der Waals surface area contributed by atoms with Crippen LogP contribution in [0.5, 0.6) is 0 Å².